The maximum Gasteiger partial charge on any atom is 0.407 e. The highest BCUT2D eigenvalue weighted by Crippen LogP contribution is 2.14. The molecule has 25 heavy (non-hydrogen) atoms. The van der Waals surface area contributed by atoms with E-state index in [4.69, 9.17) is 4.74 Å². The molecule has 1 aliphatic heterocycles. The van der Waals surface area contributed by atoms with Gasteiger partial charge in [0.1, 0.15) is 5.60 Å². The van der Waals surface area contributed by atoms with Crippen molar-refractivity contribution in [2.24, 2.45) is 0 Å². The Labute approximate surface area is 149 Å². The van der Waals surface area contributed by atoms with E-state index in [9.17, 15) is 9.59 Å². The molecule has 1 aliphatic rings. The number of rotatable bonds is 3. The van der Waals surface area contributed by atoms with Crippen molar-refractivity contribution in [1.29, 1.82) is 0 Å². The number of urea groups is 1. The van der Waals surface area contributed by atoms with Crippen LogP contribution in [0.25, 0.3) is 0 Å². The molecule has 2 heterocycles. The second-order valence-electron chi connectivity index (χ2n) is 7.36. The summed E-state index contributed by atoms with van der Waals surface area (Å²) < 4.78 is 5.28. The Morgan fingerprint density at radius 3 is 2.76 bits per heavy atom. The molecule has 0 radical (unpaired) electrons. The number of amides is 3. The molecule has 0 unspecified atom stereocenters. The Morgan fingerprint density at radius 2 is 2.12 bits per heavy atom. The number of ether oxygens (including phenoxy) is 1. The fourth-order valence-corrected chi connectivity index (χ4v) is 2.74. The predicted molar refractivity (Wildman–Crippen MR) is 95.1 cm³/mol. The number of hydrogen-bond donors (Lipinski definition) is 2. The van der Waals surface area contributed by atoms with Crippen LogP contribution in [-0.4, -0.2) is 46.7 Å². The van der Waals surface area contributed by atoms with Crippen LogP contribution in [0, 0.1) is 0 Å². The molecule has 2 rings (SSSR count). The summed E-state index contributed by atoms with van der Waals surface area (Å²) in [6.45, 7) is 8.53. The molecule has 1 saturated heterocycles. The van der Waals surface area contributed by atoms with Crippen molar-refractivity contribution >= 4 is 12.1 Å². The lowest BCUT2D eigenvalue weighted by Crippen LogP contribution is -2.53. The molecule has 2 N–H and O–H groups in total. The summed E-state index contributed by atoms with van der Waals surface area (Å²) in [5.41, 5.74) is 0.282. The van der Waals surface area contributed by atoms with Gasteiger partial charge in [-0.1, -0.05) is 6.07 Å². The molecule has 0 aromatic carbocycles. The first-order valence-electron chi connectivity index (χ1n) is 8.70. The average molecular weight is 348 g/mol. The summed E-state index contributed by atoms with van der Waals surface area (Å²) >= 11 is 0. The average Bonchev–Trinajstić information content (AvgIpc) is 2.54. The highest BCUT2D eigenvalue weighted by atomic mass is 16.6. The SMILES string of the molecule is C[C@@H](NC(=O)N1CCC[C@H](NC(=O)OC(C)(C)C)C1)c1ccccn1. The van der Waals surface area contributed by atoms with Gasteiger partial charge < -0.3 is 20.3 Å². The third-order valence-corrected chi connectivity index (χ3v) is 3.90. The number of alkyl carbamates (subject to hydrolysis) is 1. The van der Waals surface area contributed by atoms with Crippen LogP contribution < -0.4 is 10.6 Å². The normalized spacial score (nSPS) is 19.0. The van der Waals surface area contributed by atoms with Crippen molar-refractivity contribution in [1.82, 2.24) is 20.5 Å². The first-order chi connectivity index (χ1) is 11.7. The van der Waals surface area contributed by atoms with Crippen molar-refractivity contribution in [2.75, 3.05) is 13.1 Å². The van der Waals surface area contributed by atoms with Crippen molar-refractivity contribution < 1.29 is 14.3 Å². The molecule has 0 saturated carbocycles. The number of carbonyl (C=O) groups excluding carboxylic acids is 2. The van der Waals surface area contributed by atoms with E-state index in [1.807, 2.05) is 45.9 Å². The fraction of sp³-hybridized carbons (Fsp3) is 0.611. The van der Waals surface area contributed by atoms with E-state index in [-0.39, 0.29) is 18.1 Å². The van der Waals surface area contributed by atoms with Crippen molar-refractivity contribution in [3.05, 3.63) is 30.1 Å². The molecule has 2 atom stereocenters. The number of nitrogens with one attached hydrogen (secondary N) is 2. The van der Waals surface area contributed by atoms with Gasteiger partial charge in [0.2, 0.25) is 0 Å². The number of piperidine rings is 1. The van der Waals surface area contributed by atoms with E-state index >= 15 is 0 Å². The van der Waals surface area contributed by atoms with Crippen LogP contribution in [-0.2, 0) is 4.74 Å². The molecule has 1 fully saturated rings. The fourth-order valence-electron chi connectivity index (χ4n) is 2.74. The van der Waals surface area contributed by atoms with Crippen LogP contribution in [0.4, 0.5) is 9.59 Å². The predicted octanol–water partition coefficient (Wildman–Crippen LogP) is 2.84. The van der Waals surface area contributed by atoms with Crippen molar-refractivity contribution in [2.45, 2.75) is 58.2 Å². The number of nitrogens with zero attached hydrogens (tertiary/aromatic N) is 2. The molecule has 1 aromatic rings. The number of pyridine rings is 1. The summed E-state index contributed by atoms with van der Waals surface area (Å²) in [5, 5.41) is 5.81. The van der Waals surface area contributed by atoms with E-state index in [0.717, 1.165) is 18.5 Å². The highest BCUT2D eigenvalue weighted by molar-refractivity contribution is 5.75. The van der Waals surface area contributed by atoms with E-state index in [1.54, 1.807) is 11.1 Å². The Bertz CT molecular complexity index is 586. The molecule has 3 amide bonds. The number of likely N-dealkylation sites (tertiary alicyclic amines) is 1. The summed E-state index contributed by atoms with van der Waals surface area (Å²) in [5.74, 6) is 0. The Morgan fingerprint density at radius 1 is 1.36 bits per heavy atom. The van der Waals surface area contributed by atoms with Gasteiger partial charge in [-0.25, -0.2) is 9.59 Å². The van der Waals surface area contributed by atoms with Crippen LogP contribution in [0.15, 0.2) is 24.4 Å². The molecule has 7 nitrogen and oxygen atoms in total. The maximum atomic E-state index is 12.5. The van der Waals surface area contributed by atoms with Gasteiger partial charge in [0.25, 0.3) is 0 Å². The van der Waals surface area contributed by atoms with Crippen molar-refractivity contribution in [3.8, 4) is 0 Å². The van der Waals surface area contributed by atoms with Gasteiger partial charge in [0.05, 0.1) is 11.7 Å². The van der Waals surface area contributed by atoms with E-state index < -0.39 is 11.7 Å². The lowest BCUT2D eigenvalue weighted by molar-refractivity contribution is 0.0479. The van der Waals surface area contributed by atoms with Gasteiger partial charge >= 0.3 is 12.1 Å². The quantitative estimate of drug-likeness (QED) is 0.880. The standard InChI is InChI=1S/C18H28N4O3/c1-13(15-9-5-6-10-19-15)20-16(23)22-11-7-8-14(12-22)21-17(24)25-18(2,3)4/h5-6,9-10,13-14H,7-8,11-12H2,1-4H3,(H,20,23)(H,21,24)/t13-,14+/m1/s1. The van der Waals surface area contributed by atoms with Crippen molar-refractivity contribution in [3.63, 3.8) is 0 Å². The largest absolute Gasteiger partial charge is 0.444 e. The monoisotopic (exact) mass is 348 g/mol. The second kappa shape index (κ2) is 8.18. The Kier molecular flexibility index (Phi) is 6.22. The van der Waals surface area contributed by atoms with Gasteiger partial charge in [0, 0.05) is 25.3 Å². The first-order valence-corrected chi connectivity index (χ1v) is 8.70. The number of hydrogen-bond acceptors (Lipinski definition) is 4. The maximum absolute atomic E-state index is 12.5. The third-order valence-electron chi connectivity index (χ3n) is 3.90. The zero-order valence-electron chi connectivity index (χ0n) is 15.4. The summed E-state index contributed by atoms with van der Waals surface area (Å²) in [6, 6.07) is 5.21. The van der Waals surface area contributed by atoms with Gasteiger partial charge in [-0.05, 0) is 52.7 Å². The topological polar surface area (TPSA) is 83.6 Å². The van der Waals surface area contributed by atoms with Crippen LogP contribution >= 0.6 is 0 Å². The van der Waals surface area contributed by atoms with Gasteiger partial charge in [0.15, 0.2) is 0 Å². The van der Waals surface area contributed by atoms with Crippen LogP contribution in [0.1, 0.15) is 52.3 Å². The highest BCUT2D eigenvalue weighted by Gasteiger charge is 2.27. The van der Waals surface area contributed by atoms with E-state index in [2.05, 4.69) is 15.6 Å². The van der Waals surface area contributed by atoms with E-state index in [0.29, 0.717) is 13.1 Å². The Balaban J connectivity index is 1.85. The van der Waals surface area contributed by atoms with Crippen LogP contribution in [0.5, 0.6) is 0 Å². The molecule has 0 spiro atoms. The summed E-state index contributed by atoms with van der Waals surface area (Å²) in [7, 11) is 0. The molecule has 1 aromatic heterocycles. The lowest BCUT2D eigenvalue weighted by Gasteiger charge is -2.34. The zero-order chi connectivity index (χ0) is 18.4. The summed E-state index contributed by atoms with van der Waals surface area (Å²) in [4.78, 5) is 30.4. The third kappa shape index (κ3) is 6.25. The molecule has 0 aliphatic carbocycles. The van der Waals surface area contributed by atoms with Gasteiger partial charge in [-0.2, -0.15) is 0 Å². The smallest absolute Gasteiger partial charge is 0.407 e. The minimum Gasteiger partial charge on any atom is -0.444 e. The lowest BCUT2D eigenvalue weighted by atomic mass is 10.1. The van der Waals surface area contributed by atoms with Crippen LogP contribution in [0.2, 0.25) is 0 Å². The number of aromatic nitrogens is 1. The second-order valence-corrected chi connectivity index (χ2v) is 7.36. The van der Waals surface area contributed by atoms with E-state index in [1.165, 1.54) is 0 Å². The minimum atomic E-state index is -0.534. The molecular formula is C18H28N4O3. The molecule has 0 bridgehead atoms. The summed E-state index contributed by atoms with van der Waals surface area (Å²) in [6.07, 6.45) is 2.94. The Hall–Kier alpha value is -2.31. The first kappa shape index (κ1) is 19.0. The molecule has 138 valence electrons. The molecular weight excluding hydrogens is 320 g/mol. The zero-order valence-corrected chi connectivity index (χ0v) is 15.4. The minimum absolute atomic E-state index is 0.0977. The molecule has 7 heteroatoms. The number of carbonyl (C=O) groups is 2. The van der Waals surface area contributed by atoms with Gasteiger partial charge in [-0.15, -0.1) is 0 Å². The van der Waals surface area contributed by atoms with Crippen LogP contribution in [0.3, 0.4) is 0 Å². The van der Waals surface area contributed by atoms with Gasteiger partial charge in [-0.3, -0.25) is 4.98 Å².